The average Bonchev–Trinajstić information content (AvgIpc) is 2.80. The first-order valence-electron chi connectivity index (χ1n) is 6.41. The van der Waals surface area contributed by atoms with Gasteiger partial charge >= 0.3 is 0 Å². The van der Waals surface area contributed by atoms with Gasteiger partial charge in [0, 0.05) is 31.7 Å². The Morgan fingerprint density at radius 3 is 3.24 bits per heavy atom. The highest BCUT2D eigenvalue weighted by Gasteiger charge is 2.38. The maximum absolute atomic E-state index is 5.64. The number of fused-ring (bicyclic) bond motifs is 1. The van der Waals surface area contributed by atoms with Crippen LogP contribution in [0.1, 0.15) is 18.2 Å². The molecule has 3 heterocycles. The molecule has 2 saturated heterocycles. The predicted octanol–water partition coefficient (Wildman–Crippen LogP) is 1.26. The largest absolute Gasteiger partial charge is 0.468 e. The normalized spacial score (nSPS) is 35.2. The third-order valence-electron chi connectivity index (χ3n) is 4.00. The van der Waals surface area contributed by atoms with Crippen molar-refractivity contribution in [3.63, 3.8) is 0 Å². The summed E-state index contributed by atoms with van der Waals surface area (Å²) in [5.41, 5.74) is 0. The van der Waals surface area contributed by atoms with Gasteiger partial charge in [-0.15, -0.1) is 0 Å². The molecular weight excluding hydrogens is 216 g/mol. The topological polar surface area (TPSA) is 37.6 Å². The maximum atomic E-state index is 5.64. The summed E-state index contributed by atoms with van der Waals surface area (Å²) in [5.74, 6) is 1.68. The Labute approximate surface area is 102 Å². The summed E-state index contributed by atoms with van der Waals surface area (Å²) >= 11 is 0. The molecular formula is C13H20N2O2. The van der Waals surface area contributed by atoms with E-state index >= 15 is 0 Å². The smallest absolute Gasteiger partial charge is 0.121 e. The van der Waals surface area contributed by atoms with Crippen molar-refractivity contribution in [1.29, 1.82) is 0 Å². The number of likely N-dealkylation sites (N-methyl/N-ethyl adjacent to an activating group) is 1. The number of nitrogens with zero attached hydrogens (tertiary/aromatic N) is 1. The number of rotatable bonds is 1. The molecule has 0 bridgehead atoms. The van der Waals surface area contributed by atoms with Crippen molar-refractivity contribution < 1.29 is 9.15 Å². The Morgan fingerprint density at radius 2 is 2.41 bits per heavy atom. The van der Waals surface area contributed by atoms with Crippen molar-refractivity contribution in [3.8, 4) is 0 Å². The third-order valence-corrected chi connectivity index (χ3v) is 4.00. The van der Waals surface area contributed by atoms with Gasteiger partial charge in [0.2, 0.25) is 0 Å². The average molecular weight is 236 g/mol. The van der Waals surface area contributed by atoms with E-state index in [-0.39, 0.29) is 0 Å². The van der Waals surface area contributed by atoms with Gasteiger partial charge < -0.3 is 14.5 Å². The van der Waals surface area contributed by atoms with Crippen LogP contribution in [0.2, 0.25) is 0 Å². The molecule has 1 unspecified atom stereocenters. The fourth-order valence-electron chi connectivity index (χ4n) is 3.12. The van der Waals surface area contributed by atoms with Gasteiger partial charge in [-0.1, -0.05) is 0 Å². The Kier molecular flexibility index (Phi) is 3.18. The summed E-state index contributed by atoms with van der Waals surface area (Å²) in [5, 5.41) is 3.60. The van der Waals surface area contributed by atoms with Crippen molar-refractivity contribution in [3.05, 3.63) is 24.2 Å². The lowest BCUT2D eigenvalue weighted by Crippen LogP contribution is -2.45. The molecule has 3 atom stereocenters. The van der Waals surface area contributed by atoms with E-state index < -0.39 is 0 Å². The van der Waals surface area contributed by atoms with Crippen LogP contribution in [-0.2, 0) is 4.74 Å². The number of ether oxygens (including phenoxy) is 1. The van der Waals surface area contributed by atoms with E-state index in [4.69, 9.17) is 9.15 Å². The monoisotopic (exact) mass is 236 g/mol. The lowest BCUT2D eigenvalue weighted by Gasteiger charge is -2.37. The molecule has 0 saturated carbocycles. The summed E-state index contributed by atoms with van der Waals surface area (Å²) in [4.78, 5) is 2.40. The molecule has 1 aromatic heterocycles. The van der Waals surface area contributed by atoms with Crippen molar-refractivity contribution in [2.24, 2.45) is 5.92 Å². The van der Waals surface area contributed by atoms with E-state index in [1.54, 1.807) is 6.26 Å². The minimum atomic E-state index is 0.383. The highest BCUT2D eigenvalue weighted by Crippen LogP contribution is 2.35. The van der Waals surface area contributed by atoms with Crippen LogP contribution in [0.4, 0.5) is 0 Å². The molecule has 3 rings (SSSR count). The zero-order valence-electron chi connectivity index (χ0n) is 10.3. The van der Waals surface area contributed by atoms with E-state index in [0.717, 1.165) is 38.5 Å². The molecule has 17 heavy (non-hydrogen) atoms. The number of hydrogen-bond acceptors (Lipinski definition) is 4. The second-order valence-electron chi connectivity index (χ2n) is 5.03. The van der Waals surface area contributed by atoms with Gasteiger partial charge in [0.05, 0.1) is 18.9 Å². The molecule has 0 aromatic carbocycles. The van der Waals surface area contributed by atoms with Crippen LogP contribution < -0.4 is 5.32 Å². The fraction of sp³-hybridized carbons (Fsp3) is 0.692. The molecule has 1 aromatic rings. The quantitative estimate of drug-likeness (QED) is 0.796. The highest BCUT2D eigenvalue weighted by molar-refractivity contribution is 5.09. The molecule has 2 aliphatic rings. The van der Waals surface area contributed by atoms with Crippen LogP contribution in [0.5, 0.6) is 0 Å². The van der Waals surface area contributed by atoms with Gasteiger partial charge in [-0.25, -0.2) is 0 Å². The fourth-order valence-corrected chi connectivity index (χ4v) is 3.12. The van der Waals surface area contributed by atoms with Gasteiger partial charge in [-0.05, 0) is 25.6 Å². The molecule has 2 fully saturated rings. The van der Waals surface area contributed by atoms with Crippen LogP contribution in [-0.4, -0.2) is 44.3 Å². The summed E-state index contributed by atoms with van der Waals surface area (Å²) < 4.78 is 11.2. The van der Waals surface area contributed by atoms with E-state index in [1.165, 1.54) is 0 Å². The van der Waals surface area contributed by atoms with Crippen LogP contribution in [0, 0.1) is 5.92 Å². The molecule has 2 aliphatic heterocycles. The van der Waals surface area contributed by atoms with Gasteiger partial charge in [0.1, 0.15) is 5.76 Å². The summed E-state index contributed by atoms with van der Waals surface area (Å²) in [7, 11) is 2.19. The van der Waals surface area contributed by atoms with E-state index in [2.05, 4.69) is 23.3 Å². The Bertz CT molecular complexity index is 352. The van der Waals surface area contributed by atoms with Crippen molar-refractivity contribution in [2.75, 3.05) is 33.4 Å². The van der Waals surface area contributed by atoms with Crippen molar-refractivity contribution >= 4 is 0 Å². The molecule has 4 heteroatoms. The third kappa shape index (κ3) is 2.12. The van der Waals surface area contributed by atoms with Gasteiger partial charge in [-0.3, -0.25) is 4.90 Å². The SMILES string of the molecule is CN1CCNC2COCC[C@H]2[C@@H]1c1ccco1. The summed E-state index contributed by atoms with van der Waals surface area (Å²) in [6.45, 7) is 3.78. The number of hydrogen-bond donors (Lipinski definition) is 1. The number of nitrogens with one attached hydrogen (secondary N) is 1. The minimum Gasteiger partial charge on any atom is -0.468 e. The molecule has 0 radical (unpaired) electrons. The lowest BCUT2D eigenvalue weighted by atomic mass is 9.86. The van der Waals surface area contributed by atoms with Crippen molar-refractivity contribution in [2.45, 2.75) is 18.5 Å². The molecule has 4 nitrogen and oxygen atoms in total. The van der Waals surface area contributed by atoms with Gasteiger partial charge in [0.25, 0.3) is 0 Å². The second-order valence-corrected chi connectivity index (χ2v) is 5.03. The molecule has 94 valence electrons. The lowest BCUT2D eigenvalue weighted by molar-refractivity contribution is 0.0116. The van der Waals surface area contributed by atoms with Gasteiger partial charge in [-0.2, -0.15) is 0 Å². The zero-order chi connectivity index (χ0) is 11.7. The predicted molar refractivity (Wildman–Crippen MR) is 64.8 cm³/mol. The second kappa shape index (κ2) is 4.80. The van der Waals surface area contributed by atoms with Crippen LogP contribution in [0.3, 0.4) is 0 Å². The number of furan rings is 1. The summed E-state index contributed by atoms with van der Waals surface area (Å²) in [6, 6.07) is 4.92. The van der Waals surface area contributed by atoms with Crippen LogP contribution >= 0.6 is 0 Å². The van der Waals surface area contributed by atoms with E-state index in [1.807, 2.05) is 6.07 Å². The Hall–Kier alpha value is -0.840. The first kappa shape index (κ1) is 11.3. The first-order chi connectivity index (χ1) is 8.36. The summed E-state index contributed by atoms with van der Waals surface area (Å²) in [6.07, 6.45) is 2.88. The van der Waals surface area contributed by atoms with Crippen LogP contribution in [0.15, 0.2) is 22.8 Å². The molecule has 0 aliphatic carbocycles. The standard InChI is InChI=1S/C13H20N2O2/c1-15-6-5-14-11-9-16-8-4-10(11)13(15)12-3-2-7-17-12/h2-3,7,10-11,13-14H,4-6,8-9H2,1H3/t10-,11?,13-/m1/s1. The maximum Gasteiger partial charge on any atom is 0.121 e. The van der Waals surface area contributed by atoms with Crippen molar-refractivity contribution in [1.82, 2.24) is 10.2 Å². The zero-order valence-corrected chi connectivity index (χ0v) is 10.3. The van der Waals surface area contributed by atoms with E-state index in [9.17, 15) is 0 Å². The Balaban J connectivity index is 1.90. The first-order valence-corrected chi connectivity index (χ1v) is 6.41. The van der Waals surface area contributed by atoms with Gasteiger partial charge in [0.15, 0.2) is 0 Å². The molecule has 0 spiro atoms. The van der Waals surface area contributed by atoms with E-state index in [0.29, 0.717) is 18.0 Å². The Morgan fingerprint density at radius 1 is 1.47 bits per heavy atom. The molecule has 1 N–H and O–H groups in total. The minimum absolute atomic E-state index is 0.383. The molecule has 0 amide bonds. The van der Waals surface area contributed by atoms with Crippen LogP contribution in [0.25, 0.3) is 0 Å². The highest BCUT2D eigenvalue weighted by atomic mass is 16.5.